The van der Waals surface area contributed by atoms with Gasteiger partial charge in [0.25, 0.3) is 0 Å². The van der Waals surface area contributed by atoms with E-state index in [4.69, 9.17) is 0 Å². The molecule has 1 unspecified atom stereocenters. The molecule has 1 atom stereocenters. The Bertz CT molecular complexity index is 237. The van der Waals surface area contributed by atoms with Crippen LogP contribution in [0.3, 0.4) is 0 Å². The van der Waals surface area contributed by atoms with Gasteiger partial charge < -0.3 is 5.32 Å². The van der Waals surface area contributed by atoms with Crippen LogP contribution in [0.4, 0.5) is 0 Å². The van der Waals surface area contributed by atoms with Crippen LogP contribution < -0.4 is 5.32 Å². The van der Waals surface area contributed by atoms with Crippen molar-refractivity contribution in [2.75, 3.05) is 19.6 Å². The average molecular weight is 252 g/mol. The van der Waals surface area contributed by atoms with Gasteiger partial charge in [0.2, 0.25) is 0 Å². The predicted molar refractivity (Wildman–Crippen MR) is 78.8 cm³/mol. The monoisotopic (exact) mass is 252 g/mol. The first-order valence-electron chi connectivity index (χ1n) is 8.05. The maximum absolute atomic E-state index is 3.82. The molecule has 18 heavy (non-hydrogen) atoms. The Balaban J connectivity index is 1.70. The first kappa shape index (κ1) is 14.3. The first-order chi connectivity index (χ1) is 8.58. The lowest BCUT2D eigenvalue weighted by atomic mass is 9.73. The van der Waals surface area contributed by atoms with Crippen LogP contribution in [0.15, 0.2) is 0 Å². The van der Waals surface area contributed by atoms with Crippen molar-refractivity contribution in [1.29, 1.82) is 0 Å². The van der Waals surface area contributed by atoms with Crippen LogP contribution in [0, 0.1) is 17.8 Å². The zero-order valence-corrected chi connectivity index (χ0v) is 12.8. The van der Waals surface area contributed by atoms with Crippen LogP contribution in [0.5, 0.6) is 0 Å². The maximum atomic E-state index is 3.82. The molecule has 0 amide bonds. The Morgan fingerprint density at radius 1 is 1.06 bits per heavy atom. The molecular weight excluding hydrogens is 220 g/mol. The Hall–Kier alpha value is -0.0800. The van der Waals surface area contributed by atoms with Gasteiger partial charge in [0, 0.05) is 18.6 Å². The first-order valence-corrected chi connectivity index (χ1v) is 8.05. The lowest BCUT2D eigenvalue weighted by Gasteiger charge is -2.41. The Morgan fingerprint density at radius 3 is 2.17 bits per heavy atom. The Morgan fingerprint density at radius 2 is 1.67 bits per heavy atom. The summed E-state index contributed by atoms with van der Waals surface area (Å²) in [4.78, 5) is 2.70. The second kappa shape index (κ2) is 6.38. The van der Waals surface area contributed by atoms with Crippen molar-refractivity contribution in [3.8, 4) is 0 Å². The van der Waals surface area contributed by atoms with E-state index in [1.807, 2.05) is 0 Å². The van der Waals surface area contributed by atoms with Crippen molar-refractivity contribution >= 4 is 0 Å². The highest BCUT2D eigenvalue weighted by Crippen LogP contribution is 2.33. The fourth-order valence-electron chi connectivity index (χ4n) is 3.52. The standard InChI is InChI=1S/C16H32N2/c1-12(2)14-9-15(10-14)17-11-16(13(3)4)18-7-5-6-8-18/h12-17H,5-11H2,1-4H3. The van der Waals surface area contributed by atoms with Crippen LogP contribution in [-0.4, -0.2) is 36.6 Å². The van der Waals surface area contributed by atoms with E-state index in [9.17, 15) is 0 Å². The molecular formula is C16H32N2. The third kappa shape index (κ3) is 3.48. The third-order valence-corrected chi connectivity index (χ3v) is 5.11. The summed E-state index contributed by atoms with van der Waals surface area (Å²) in [6.07, 6.45) is 5.62. The minimum absolute atomic E-state index is 0.755. The summed E-state index contributed by atoms with van der Waals surface area (Å²) in [5.41, 5.74) is 0. The molecule has 0 radical (unpaired) electrons. The van der Waals surface area contributed by atoms with E-state index in [2.05, 4.69) is 37.9 Å². The molecule has 1 N–H and O–H groups in total. The van der Waals surface area contributed by atoms with E-state index in [-0.39, 0.29) is 0 Å². The van der Waals surface area contributed by atoms with E-state index in [1.54, 1.807) is 0 Å². The van der Waals surface area contributed by atoms with E-state index in [0.717, 1.165) is 29.8 Å². The Labute approximate surface area is 114 Å². The highest BCUT2D eigenvalue weighted by molar-refractivity contribution is 4.89. The minimum atomic E-state index is 0.755. The smallest absolute Gasteiger partial charge is 0.0243 e. The van der Waals surface area contributed by atoms with Gasteiger partial charge in [-0.1, -0.05) is 27.7 Å². The van der Waals surface area contributed by atoms with Crippen LogP contribution in [0.1, 0.15) is 53.4 Å². The molecule has 106 valence electrons. The lowest BCUT2D eigenvalue weighted by molar-refractivity contribution is 0.137. The number of hydrogen-bond donors (Lipinski definition) is 1. The van der Waals surface area contributed by atoms with Crippen molar-refractivity contribution in [3.63, 3.8) is 0 Å². The topological polar surface area (TPSA) is 15.3 Å². The van der Waals surface area contributed by atoms with Gasteiger partial charge in [-0.3, -0.25) is 4.90 Å². The molecule has 1 aliphatic carbocycles. The highest BCUT2D eigenvalue weighted by atomic mass is 15.2. The quantitative estimate of drug-likeness (QED) is 0.781. The number of nitrogens with zero attached hydrogens (tertiary/aromatic N) is 1. The molecule has 1 saturated heterocycles. The highest BCUT2D eigenvalue weighted by Gasteiger charge is 2.32. The fourth-order valence-corrected chi connectivity index (χ4v) is 3.52. The summed E-state index contributed by atoms with van der Waals surface area (Å²) in [5.74, 6) is 2.63. The van der Waals surface area contributed by atoms with Gasteiger partial charge in [-0.25, -0.2) is 0 Å². The lowest BCUT2D eigenvalue weighted by Crippen LogP contribution is -2.50. The van der Waals surface area contributed by atoms with E-state index >= 15 is 0 Å². The van der Waals surface area contributed by atoms with Gasteiger partial charge in [-0.05, 0) is 56.5 Å². The number of nitrogens with one attached hydrogen (secondary N) is 1. The molecule has 2 aliphatic rings. The van der Waals surface area contributed by atoms with Crippen molar-refractivity contribution < 1.29 is 0 Å². The van der Waals surface area contributed by atoms with Gasteiger partial charge in [-0.15, -0.1) is 0 Å². The number of rotatable bonds is 6. The average Bonchev–Trinajstić information content (AvgIpc) is 2.73. The summed E-state index contributed by atoms with van der Waals surface area (Å²) in [5, 5.41) is 3.82. The normalized spacial score (nSPS) is 31.0. The van der Waals surface area contributed by atoms with Crippen LogP contribution in [-0.2, 0) is 0 Å². The van der Waals surface area contributed by atoms with Crippen molar-refractivity contribution in [2.45, 2.75) is 65.5 Å². The number of likely N-dealkylation sites (tertiary alicyclic amines) is 1. The second-order valence-electron chi connectivity index (χ2n) is 7.14. The molecule has 0 aromatic rings. The van der Waals surface area contributed by atoms with Gasteiger partial charge in [0.05, 0.1) is 0 Å². The van der Waals surface area contributed by atoms with E-state index < -0.39 is 0 Å². The molecule has 0 bridgehead atoms. The van der Waals surface area contributed by atoms with E-state index in [1.165, 1.54) is 45.3 Å². The molecule has 2 nitrogen and oxygen atoms in total. The molecule has 2 rings (SSSR count). The van der Waals surface area contributed by atoms with E-state index in [0.29, 0.717) is 0 Å². The summed E-state index contributed by atoms with van der Waals surface area (Å²) < 4.78 is 0. The van der Waals surface area contributed by atoms with Crippen molar-refractivity contribution in [1.82, 2.24) is 10.2 Å². The zero-order valence-electron chi connectivity index (χ0n) is 12.8. The van der Waals surface area contributed by atoms with Crippen LogP contribution in [0.25, 0.3) is 0 Å². The summed E-state index contributed by atoms with van der Waals surface area (Å²) in [6.45, 7) is 13.3. The number of hydrogen-bond acceptors (Lipinski definition) is 2. The minimum Gasteiger partial charge on any atom is -0.312 e. The molecule has 2 heteroatoms. The second-order valence-corrected chi connectivity index (χ2v) is 7.14. The van der Waals surface area contributed by atoms with Crippen molar-refractivity contribution in [3.05, 3.63) is 0 Å². The third-order valence-electron chi connectivity index (χ3n) is 5.11. The van der Waals surface area contributed by atoms with Crippen LogP contribution in [0.2, 0.25) is 0 Å². The molecule has 1 aliphatic heterocycles. The van der Waals surface area contributed by atoms with Crippen molar-refractivity contribution in [2.24, 2.45) is 17.8 Å². The zero-order chi connectivity index (χ0) is 13.1. The SMILES string of the molecule is CC(C)C1CC(NCC(C(C)C)N2CCCC2)C1. The summed E-state index contributed by atoms with van der Waals surface area (Å²) >= 11 is 0. The molecule has 2 fully saturated rings. The van der Waals surface area contributed by atoms with Gasteiger partial charge in [-0.2, -0.15) is 0 Å². The maximum Gasteiger partial charge on any atom is 0.0243 e. The van der Waals surface area contributed by atoms with Gasteiger partial charge >= 0.3 is 0 Å². The molecule has 1 saturated carbocycles. The van der Waals surface area contributed by atoms with Crippen LogP contribution >= 0.6 is 0 Å². The summed E-state index contributed by atoms with van der Waals surface area (Å²) in [7, 11) is 0. The predicted octanol–water partition coefficient (Wildman–Crippen LogP) is 3.13. The molecule has 0 aromatic carbocycles. The molecule has 1 heterocycles. The summed E-state index contributed by atoms with van der Waals surface area (Å²) in [6, 6.07) is 1.56. The Kier molecular flexibility index (Phi) is 5.08. The molecule has 0 spiro atoms. The largest absolute Gasteiger partial charge is 0.312 e. The van der Waals surface area contributed by atoms with Gasteiger partial charge in [0.15, 0.2) is 0 Å². The molecule has 0 aromatic heterocycles. The fraction of sp³-hybridized carbons (Fsp3) is 1.00. The van der Waals surface area contributed by atoms with Gasteiger partial charge in [0.1, 0.15) is 0 Å².